The van der Waals surface area contributed by atoms with E-state index in [4.69, 9.17) is 4.42 Å². The highest BCUT2D eigenvalue weighted by Crippen LogP contribution is 2.33. The first-order valence-electron chi connectivity index (χ1n) is 6.40. The molecule has 0 aliphatic heterocycles. The van der Waals surface area contributed by atoms with Crippen LogP contribution in [0.15, 0.2) is 51.4 Å². The summed E-state index contributed by atoms with van der Waals surface area (Å²) < 4.78 is 33.6. The molecule has 0 bridgehead atoms. The second-order valence-corrected chi connectivity index (χ2v) is 5.55. The maximum Gasteiger partial charge on any atom is 0.169 e. The Morgan fingerprint density at radius 3 is 2.67 bits per heavy atom. The lowest BCUT2D eigenvalue weighted by atomic mass is 10.0. The van der Waals surface area contributed by atoms with Crippen molar-refractivity contribution in [3.05, 3.63) is 69.9 Å². The molecule has 0 radical (unpaired) electrons. The van der Waals surface area contributed by atoms with Crippen molar-refractivity contribution in [2.45, 2.75) is 6.04 Å². The third kappa shape index (κ3) is 2.59. The van der Waals surface area contributed by atoms with Gasteiger partial charge in [-0.25, -0.2) is 8.78 Å². The van der Waals surface area contributed by atoms with E-state index in [1.165, 1.54) is 18.2 Å². The molecular weight excluding hydrogens is 340 g/mol. The van der Waals surface area contributed by atoms with Crippen LogP contribution in [0.1, 0.15) is 17.4 Å². The predicted molar refractivity (Wildman–Crippen MR) is 81.2 cm³/mol. The summed E-state index contributed by atoms with van der Waals surface area (Å²) in [6, 6.07) is 10.6. The van der Waals surface area contributed by atoms with Crippen LogP contribution in [0, 0.1) is 11.6 Å². The van der Waals surface area contributed by atoms with Crippen LogP contribution >= 0.6 is 15.9 Å². The summed E-state index contributed by atoms with van der Waals surface area (Å²) in [6.07, 6.45) is 0. The highest BCUT2D eigenvalue weighted by atomic mass is 79.9. The summed E-state index contributed by atoms with van der Waals surface area (Å²) in [7, 11) is 1.74. The summed E-state index contributed by atoms with van der Waals surface area (Å²) in [5.74, 6) is -0.216. The van der Waals surface area contributed by atoms with Crippen LogP contribution in [0.4, 0.5) is 8.78 Å². The summed E-state index contributed by atoms with van der Waals surface area (Å²) >= 11 is 3.41. The number of furan rings is 1. The van der Waals surface area contributed by atoms with Gasteiger partial charge in [-0.2, -0.15) is 0 Å². The fourth-order valence-electron chi connectivity index (χ4n) is 2.38. The SMILES string of the molecule is CNC(c1cc2cccc(F)c2o1)c1cc(F)ccc1Br. The van der Waals surface area contributed by atoms with Crippen LogP contribution in [-0.4, -0.2) is 7.05 Å². The van der Waals surface area contributed by atoms with Crippen LogP contribution in [0.2, 0.25) is 0 Å². The van der Waals surface area contributed by atoms with Gasteiger partial charge in [0, 0.05) is 9.86 Å². The van der Waals surface area contributed by atoms with Gasteiger partial charge in [0.05, 0.1) is 6.04 Å². The second-order valence-electron chi connectivity index (χ2n) is 4.69. The third-order valence-electron chi connectivity index (χ3n) is 3.36. The molecule has 1 unspecified atom stereocenters. The quantitative estimate of drug-likeness (QED) is 0.734. The molecule has 1 aromatic heterocycles. The van der Waals surface area contributed by atoms with Crippen LogP contribution in [-0.2, 0) is 0 Å². The molecule has 5 heteroatoms. The lowest BCUT2D eigenvalue weighted by molar-refractivity contribution is 0.474. The minimum atomic E-state index is -0.410. The molecule has 0 amide bonds. The molecule has 0 saturated heterocycles. The number of hydrogen-bond donors (Lipinski definition) is 1. The normalized spacial score (nSPS) is 12.8. The largest absolute Gasteiger partial charge is 0.456 e. The van der Waals surface area contributed by atoms with Gasteiger partial charge in [0.1, 0.15) is 11.6 Å². The minimum absolute atomic E-state index is 0.209. The van der Waals surface area contributed by atoms with Crippen molar-refractivity contribution >= 4 is 26.9 Å². The number of para-hydroxylation sites is 1. The molecule has 0 fully saturated rings. The molecule has 2 nitrogen and oxygen atoms in total. The van der Waals surface area contributed by atoms with Gasteiger partial charge in [-0.1, -0.05) is 28.1 Å². The molecule has 21 heavy (non-hydrogen) atoms. The van der Waals surface area contributed by atoms with Crippen LogP contribution in [0.5, 0.6) is 0 Å². The van der Waals surface area contributed by atoms with E-state index in [1.54, 1.807) is 31.3 Å². The minimum Gasteiger partial charge on any atom is -0.456 e. The van der Waals surface area contributed by atoms with Crippen molar-refractivity contribution in [3.63, 3.8) is 0 Å². The molecule has 0 aliphatic rings. The third-order valence-corrected chi connectivity index (χ3v) is 4.08. The summed E-state index contributed by atoms with van der Waals surface area (Å²) in [6.45, 7) is 0. The number of rotatable bonds is 3. The molecule has 1 atom stereocenters. The Labute approximate surface area is 128 Å². The van der Waals surface area contributed by atoms with Gasteiger partial charge in [-0.05, 0) is 42.9 Å². The zero-order valence-electron chi connectivity index (χ0n) is 11.2. The lowest BCUT2D eigenvalue weighted by Crippen LogP contribution is -2.17. The van der Waals surface area contributed by atoms with Crippen molar-refractivity contribution < 1.29 is 13.2 Å². The first-order chi connectivity index (χ1) is 10.1. The van der Waals surface area contributed by atoms with Crippen LogP contribution < -0.4 is 5.32 Å². The molecule has 3 aromatic rings. The van der Waals surface area contributed by atoms with Crippen molar-refractivity contribution in [2.24, 2.45) is 0 Å². The predicted octanol–water partition coefficient (Wildman–Crippen LogP) is 4.78. The molecule has 0 aliphatic carbocycles. The van der Waals surface area contributed by atoms with Crippen molar-refractivity contribution in [1.82, 2.24) is 5.32 Å². The summed E-state index contributed by atoms with van der Waals surface area (Å²) in [5.41, 5.74) is 0.900. The van der Waals surface area contributed by atoms with Gasteiger partial charge in [0.15, 0.2) is 11.4 Å². The lowest BCUT2D eigenvalue weighted by Gasteiger charge is -2.15. The number of nitrogens with one attached hydrogen (secondary N) is 1. The Hall–Kier alpha value is -1.72. The summed E-state index contributed by atoms with van der Waals surface area (Å²) in [5, 5.41) is 3.75. The number of fused-ring (bicyclic) bond motifs is 1. The zero-order valence-corrected chi connectivity index (χ0v) is 12.7. The Bertz CT molecular complexity index is 800. The number of hydrogen-bond acceptors (Lipinski definition) is 2. The molecule has 2 aromatic carbocycles. The Balaban J connectivity index is 2.13. The number of halogens is 3. The zero-order chi connectivity index (χ0) is 15.0. The fourth-order valence-corrected chi connectivity index (χ4v) is 2.85. The van der Waals surface area contributed by atoms with Gasteiger partial charge < -0.3 is 9.73 Å². The maximum absolute atomic E-state index is 13.7. The van der Waals surface area contributed by atoms with Crippen molar-refractivity contribution in [3.8, 4) is 0 Å². The standard InChI is InChI=1S/C16H12BrF2NO/c1-20-15(11-8-10(18)5-6-12(11)17)14-7-9-3-2-4-13(19)16(9)21-14/h2-8,15,20H,1H3. The topological polar surface area (TPSA) is 25.2 Å². The first-order valence-corrected chi connectivity index (χ1v) is 7.19. The fraction of sp³-hybridized carbons (Fsp3) is 0.125. The Morgan fingerprint density at radius 2 is 1.95 bits per heavy atom. The molecule has 1 heterocycles. The molecule has 3 rings (SSSR count). The van der Waals surface area contributed by atoms with E-state index in [2.05, 4.69) is 21.2 Å². The average molecular weight is 352 g/mol. The molecular formula is C16H12BrF2NO. The van der Waals surface area contributed by atoms with E-state index in [1.807, 2.05) is 0 Å². The van der Waals surface area contributed by atoms with Gasteiger partial charge >= 0.3 is 0 Å². The Kier molecular flexibility index (Phi) is 3.78. The van der Waals surface area contributed by atoms with Crippen LogP contribution in [0.3, 0.4) is 0 Å². The van der Waals surface area contributed by atoms with E-state index >= 15 is 0 Å². The summed E-state index contributed by atoms with van der Waals surface area (Å²) in [4.78, 5) is 0. The van der Waals surface area contributed by atoms with E-state index in [0.29, 0.717) is 16.7 Å². The molecule has 0 spiro atoms. The van der Waals surface area contributed by atoms with Gasteiger partial charge in [-0.3, -0.25) is 0 Å². The van der Waals surface area contributed by atoms with E-state index in [0.717, 1.165) is 4.47 Å². The van der Waals surface area contributed by atoms with Crippen LogP contribution in [0.25, 0.3) is 11.0 Å². The molecule has 1 N–H and O–H groups in total. The van der Waals surface area contributed by atoms with Gasteiger partial charge in [0.25, 0.3) is 0 Å². The molecule has 0 saturated carbocycles. The van der Waals surface area contributed by atoms with Gasteiger partial charge in [-0.15, -0.1) is 0 Å². The van der Waals surface area contributed by atoms with Crippen molar-refractivity contribution in [1.29, 1.82) is 0 Å². The first kappa shape index (κ1) is 14.2. The smallest absolute Gasteiger partial charge is 0.169 e. The monoisotopic (exact) mass is 351 g/mol. The van der Waals surface area contributed by atoms with E-state index in [9.17, 15) is 8.78 Å². The highest BCUT2D eigenvalue weighted by Gasteiger charge is 2.20. The van der Waals surface area contributed by atoms with E-state index < -0.39 is 5.82 Å². The van der Waals surface area contributed by atoms with E-state index in [-0.39, 0.29) is 17.4 Å². The van der Waals surface area contributed by atoms with Crippen molar-refractivity contribution in [2.75, 3.05) is 7.05 Å². The number of benzene rings is 2. The molecule has 108 valence electrons. The Morgan fingerprint density at radius 1 is 1.14 bits per heavy atom. The highest BCUT2D eigenvalue weighted by molar-refractivity contribution is 9.10. The second kappa shape index (κ2) is 5.58. The maximum atomic E-state index is 13.7. The van der Waals surface area contributed by atoms with Gasteiger partial charge in [0.2, 0.25) is 0 Å². The average Bonchev–Trinajstić information content (AvgIpc) is 2.89.